The highest BCUT2D eigenvalue weighted by molar-refractivity contribution is 5.85. The molecule has 0 radical (unpaired) electrons. The van der Waals surface area contributed by atoms with Crippen LogP contribution < -0.4 is 11.1 Å². The number of amides is 1. The van der Waals surface area contributed by atoms with E-state index in [1.807, 2.05) is 6.92 Å². The Morgan fingerprint density at radius 2 is 1.79 bits per heavy atom. The van der Waals surface area contributed by atoms with Crippen molar-refractivity contribution in [2.75, 3.05) is 6.54 Å². The van der Waals surface area contributed by atoms with Crippen LogP contribution in [0.15, 0.2) is 0 Å². The van der Waals surface area contributed by atoms with Gasteiger partial charge in [0.1, 0.15) is 0 Å². The molecule has 4 heteroatoms. The molecule has 3 N–H and O–H groups in total. The Hall–Kier alpha value is -0.280. The minimum atomic E-state index is -0.712. The predicted molar refractivity (Wildman–Crippen MR) is 83.6 cm³/mol. The van der Waals surface area contributed by atoms with Crippen LogP contribution in [0.4, 0.5) is 0 Å². The quantitative estimate of drug-likeness (QED) is 0.763. The van der Waals surface area contributed by atoms with E-state index in [9.17, 15) is 4.79 Å². The molecule has 0 aromatic rings. The van der Waals surface area contributed by atoms with E-state index in [0.29, 0.717) is 0 Å². The molecule has 0 saturated heterocycles. The first-order valence-electron chi connectivity index (χ1n) is 7.47. The van der Waals surface area contributed by atoms with Crippen molar-refractivity contribution in [1.29, 1.82) is 0 Å². The number of carbonyl (C=O) groups excluding carboxylic acids is 1. The highest BCUT2D eigenvalue weighted by atomic mass is 35.5. The Morgan fingerprint density at radius 1 is 1.26 bits per heavy atom. The monoisotopic (exact) mass is 290 g/mol. The van der Waals surface area contributed by atoms with E-state index in [-0.39, 0.29) is 23.7 Å². The first-order valence-corrected chi connectivity index (χ1v) is 7.47. The summed E-state index contributed by atoms with van der Waals surface area (Å²) < 4.78 is 0. The van der Waals surface area contributed by atoms with Crippen molar-refractivity contribution >= 4 is 18.3 Å². The minimum absolute atomic E-state index is 0. The number of halogens is 1. The van der Waals surface area contributed by atoms with Gasteiger partial charge in [-0.25, -0.2) is 0 Å². The SMILES string of the molecule is CCCC(C)(N)C(=O)NCC1(C)CCCCCC1.Cl. The lowest BCUT2D eigenvalue weighted by molar-refractivity contribution is -0.126. The number of hydrogen-bond donors (Lipinski definition) is 2. The zero-order chi connectivity index (χ0) is 13.6. The molecule has 1 fully saturated rings. The highest BCUT2D eigenvalue weighted by Crippen LogP contribution is 2.33. The number of hydrogen-bond acceptors (Lipinski definition) is 2. The van der Waals surface area contributed by atoms with Gasteiger partial charge in [-0.2, -0.15) is 0 Å². The molecule has 3 nitrogen and oxygen atoms in total. The lowest BCUT2D eigenvalue weighted by atomic mass is 9.82. The molecule has 0 bridgehead atoms. The summed E-state index contributed by atoms with van der Waals surface area (Å²) in [4.78, 5) is 12.1. The van der Waals surface area contributed by atoms with Crippen LogP contribution >= 0.6 is 12.4 Å². The Balaban J connectivity index is 0.00000324. The van der Waals surface area contributed by atoms with Gasteiger partial charge in [0, 0.05) is 6.54 Å². The number of rotatable bonds is 5. The topological polar surface area (TPSA) is 55.1 Å². The third kappa shape index (κ3) is 6.13. The van der Waals surface area contributed by atoms with E-state index in [4.69, 9.17) is 5.73 Å². The van der Waals surface area contributed by atoms with Gasteiger partial charge in [0.05, 0.1) is 5.54 Å². The van der Waals surface area contributed by atoms with Gasteiger partial charge in [0.15, 0.2) is 0 Å². The summed E-state index contributed by atoms with van der Waals surface area (Å²) in [6, 6.07) is 0. The van der Waals surface area contributed by atoms with E-state index in [1.54, 1.807) is 0 Å². The van der Waals surface area contributed by atoms with Crippen LogP contribution in [0.2, 0.25) is 0 Å². The molecule has 0 aromatic carbocycles. The van der Waals surface area contributed by atoms with E-state index in [0.717, 1.165) is 19.4 Å². The van der Waals surface area contributed by atoms with E-state index >= 15 is 0 Å². The fourth-order valence-electron chi connectivity index (χ4n) is 2.89. The van der Waals surface area contributed by atoms with Gasteiger partial charge in [-0.3, -0.25) is 4.79 Å². The van der Waals surface area contributed by atoms with Crippen molar-refractivity contribution in [3.05, 3.63) is 0 Å². The molecule has 1 amide bonds. The normalized spacial score (nSPS) is 21.7. The maximum atomic E-state index is 12.1. The van der Waals surface area contributed by atoms with E-state index in [2.05, 4.69) is 19.2 Å². The zero-order valence-electron chi connectivity index (χ0n) is 12.8. The number of nitrogens with two attached hydrogens (primary N) is 1. The van der Waals surface area contributed by atoms with Crippen LogP contribution in [0.5, 0.6) is 0 Å². The highest BCUT2D eigenvalue weighted by Gasteiger charge is 2.31. The Bertz CT molecular complexity index is 271. The minimum Gasteiger partial charge on any atom is -0.354 e. The summed E-state index contributed by atoms with van der Waals surface area (Å²) in [5, 5.41) is 3.08. The first kappa shape index (κ1) is 18.7. The molecule has 0 spiro atoms. The lowest BCUT2D eigenvalue weighted by Crippen LogP contribution is -2.53. The second-order valence-corrected chi connectivity index (χ2v) is 6.58. The zero-order valence-corrected chi connectivity index (χ0v) is 13.6. The molecular weight excluding hydrogens is 260 g/mol. The molecule has 1 atom stereocenters. The standard InChI is InChI=1S/C15H30N2O.ClH/c1-4-9-15(3,16)13(18)17-12-14(2)10-7-5-6-8-11-14;/h4-12,16H2,1-3H3,(H,17,18);1H. The summed E-state index contributed by atoms with van der Waals surface area (Å²) in [6.07, 6.45) is 9.41. The van der Waals surface area contributed by atoms with Crippen LogP contribution in [0.3, 0.4) is 0 Å². The van der Waals surface area contributed by atoms with Crippen molar-refractivity contribution in [2.45, 2.75) is 77.7 Å². The van der Waals surface area contributed by atoms with Crippen LogP contribution in [-0.4, -0.2) is 18.0 Å². The van der Waals surface area contributed by atoms with Crippen molar-refractivity contribution in [3.63, 3.8) is 0 Å². The maximum absolute atomic E-state index is 12.1. The fraction of sp³-hybridized carbons (Fsp3) is 0.933. The summed E-state index contributed by atoms with van der Waals surface area (Å²) in [5.41, 5.74) is 5.61. The Morgan fingerprint density at radius 3 is 2.26 bits per heavy atom. The third-order valence-electron chi connectivity index (χ3n) is 4.27. The molecule has 0 aromatic heterocycles. The van der Waals surface area contributed by atoms with Gasteiger partial charge in [-0.05, 0) is 31.6 Å². The summed E-state index contributed by atoms with van der Waals surface area (Å²) in [6.45, 7) is 6.97. The summed E-state index contributed by atoms with van der Waals surface area (Å²) in [7, 11) is 0. The van der Waals surface area contributed by atoms with Crippen LogP contribution in [-0.2, 0) is 4.79 Å². The second kappa shape index (κ2) is 8.11. The van der Waals surface area contributed by atoms with Crippen molar-refractivity contribution in [2.24, 2.45) is 11.1 Å². The molecule has 0 heterocycles. The molecule has 0 aliphatic heterocycles. The Kier molecular flexibility index (Phi) is 7.99. The molecule has 1 saturated carbocycles. The van der Waals surface area contributed by atoms with Crippen LogP contribution in [0, 0.1) is 5.41 Å². The molecule has 19 heavy (non-hydrogen) atoms. The summed E-state index contributed by atoms with van der Waals surface area (Å²) in [5.74, 6) is 0.00909. The Labute approximate surface area is 124 Å². The van der Waals surface area contributed by atoms with Crippen molar-refractivity contribution < 1.29 is 4.79 Å². The van der Waals surface area contributed by atoms with Gasteiger partial charge < -0.3 is 11.1 Å². The smallest absolute Gasteiger partial charge is 0.239 e. The van der Waals surface area contributed by atoms with Gasteiger partial charge >= 0.3 is 0 Å². The van der Waals surface area contributed by atoms with Crippen LogP contribution in [0.1, 0.15) is 72.1 Å². The van der Waals surface area contributed by atoms with Crippen molar-refractivity contribution in [3.8, 4) is 0 Å². The average molecular weight is 291 g/mol. The first-order chi connectivity index (χ1) is 8.40. The van der Waals surface area contributed by atoms with Gasteiger partial charge in [0.2, 0.25) is 5.91 Å². The van der Waals surface area contributed by atoms with Gasteiger partial charge in [-0.1, -0.05) is 46.0 Å². The number of carbonyl (C=O) groups is 1. The second-order valence-electron chi connectivity index (χ2n) is 6.58. The van der Waals surface area contributed by atoms with Crippen LogP contribution in [0.25, 0.3) is 0 Å². The molecule has 114 valence electrons. The molecule has 1 aliphatic rings. The third-order valence-corrected chi connectivity index (χ3v) is 4.27. The van der Waals surface area contributed by atoms with Crippen molar-refractivity contribution in [1.82, 2.24) is 5.32 Å². The van der Waals surface area contributed by atoms with E-state index in [1.165, 1.54) is 38.5 Å². The summed E-state index contributed by atoms with van der Waals surface area (Å²) >= 11 is 0. The molecule has 1 rings (SSSR count). The molecule has 1 unspecified atom stereocenters. The average Bonchev–Trinajstić information content (AvgIpc) is 2.51. The molecular formula is C15H31ClN2O. The number of nitrogens with one attached hydrogen (secondary N) is 1. The fourth-order valence-corrected chi connectivity index (χ4v) is 2.89. The largest absolute Gasteiger partial charge is 0.354 e. The van der Waals surface area contributed by atoms with Gasteiger partial charge in [0.25, 0.3) is 0 Å². The molecule has 1 aliphatic carbocycles. The lowest BCUT2D eigenvalue weighted by Gasteiger charge is -2.31. The predicted octanol–water partition coefficient (Wildman–Crippen LogP) is 3.40. The van der Waals surface area contributed by atoms with Gasteiger partial charge in [-0.15, -0.1) is 12.4 Å². The van der Waals surface area contributed by atoms with E-state index < -0.39 is 5.54 Å². The maximum Gasteiger partial charge on any atom is 0.239 e.